The lowest BCUT2D eigenvalue weighted by atomic mass is 9.96. The van der Waals surface area contributed by atoms with E-state index in [4.69, 9.17) is 4.74 Å². The first kappa shape index (κ1) is 18.6. The van der Waals surface area contributed by atoms with Gasteiger partial charge in [-0.15, -0.1) is 0 Å². The number of aryl methyl sites for hydroxylation is 1. The van der Waals surface area contributed by atoms with Gasteiger partial charge < -0.3 is 14.9 Å². The Labute approximate surface area is 148 Å². The van der Waals surface area contributed by atoms with Crippen LogP contribution < -0.4 is 4.74 Å². The third kappa shape index (κ3) is 4.63. The van der Waals surface area contributed by atoms with Gasteiger partial charge in [-0.05, 0) is 32.3 Å². The van der Waals surface area contributed by atoms with Crippen molar-refractivity contribution in [2.75, 3.05) is 7.11 Å². The van der Waals surface area contributed by atoms with Gasteiger partial charge in [-0.25, -0.2) is 0 Å². The summed E-state index contributed by atoms with van der Waals surface area (Å²) in [5.74, 6) is -0.382. The van der Waals surface area contributed by atoms with Crippen LogP contribution in [0, 0.1) is 0 Å². The number of aromatic hydroxyl groups is 2. The number of ether oxygens (including phenoxy) is 1. The molecule has 132 valence electrons. The molecule has 0 aliphatic rings. The van der Waals surface area contributed by atoms with Gasteiger partial charge in [0.2, 0.25) is 0 Å². The van der Waals surface area contributed by atoms with E-state index >= 15 is 0 Å². The quantitative estimate of drug-likeness (QED) is 0.578. The smallest absolute Gasteiger partial charge is 0.170 e. The Kier molecular flexibility index (Phi) is 6.23. The van der Waals surface area contributed by atoms with E-state index < -0.39 is 0 Å². The fourth-order valence-corrected chi connectivity index (χ4v) is 2.66. The van der Waals surface area contributed by atoms with Gasteiger partial charge in [-0.3, -0.25) is 4.79 Å². The molecule has 0 aliphatic heterocycles. The molecule has 0 bridgehead atoms. The average molecular weight is 340 g/mol. The molecule has 0 aliphatic carbocycles. The summed E-state index contributed by atoms with van der Waals surface area (Å²) in [6.45, 7) is 3.91. The van der Waals surface area contributed by atoms with Crippen LogP contribution in [0.25, 0.3) is 0 Å². The van der Waals surface area contributed by atoms with Crippen molar-refractivity contribution in [3.8, 4) is 17.2 Å². The summed E-state index contributed by atoms with van der Waals surface area (Å²) in [4.78, 5) is 12.6. The van der Waals surface area contributed by atoms with Gasteiger partial charge in [0, 0.05) is 18.1 Å². The van der Waals surface area contributed by atoms with Gasteiger partial charge in [0.25, 0.3) is 0 Å². The van der Waals surface area contributed by atoms with Crippen molar-refractivity contribution < 1.29 is 19.7 Å². The van der Waals surface area contributed by atoms with E-state index in [2.05, 4.69) is 0 Å². The van der Waals surface area contributed by atoms with E-state index in [1.807, 2.05) is 50.3 Å². The van der Waals surface area contributed by atoms with Gasteiger partial charge in [0.15, 0.2) is 5.78 Å². The topological polar surface area (TPSA) is 66.8 Å². The summed E-state index contributed by atoms with van der Waals surface area (Å²) in [5.41, 5.74) is 2.60. The molecule has 0 saturated carbocycles. The number of Topliss-reactive ketones (excluding diaryl/α,β-unsaturated/α-hetero) is 1. The summed E-state index contributed by atoms with van der Waals surface area (Å²) in [7, 11) is 1.47. The molecule has 0 aromatic heterocycles. The minimum Gasteiger partial charge on any atom is -0.507 e. The van der Waals surface area contributed by atoms with Crippen LogP contribution in [0.3, 0.4) is 0 Å². The molecule has 0 atom stereocenters. The molecule has 0 amide bonds. The summed E-state index contributed by atoms with van der Waals surface area (Å²) in [5, 5.41) is 20.8. The Bertz CT molecular complexity index is 772. The predicted molar refractivity (Wildman–Crippen MR) is 98.6 cm³/mol. The zero-order valence-corrected chi connectivity index (χ0v) is 14.9. The second kappa shape index (κ2) is 8.38. The third-order valence-electron chi connectivity index (χ3n) is 4.04. The molecule has 4 heteroatoms. The largest absolute Gasteiger partial charge is 0.507 e. The number of hydrogen-bond acceptors (Lipinski definition) is 4. The van der Waals surface area contributed by atoms with Gasteiger partial charge in [0.05, 0.1) is 7.11 Å². The van der Waals surface area contributed by atoms with E-state index in [1.54, 1.807) is 0 Å². The highest BCUT2D eigenvalue weighted by Crippen LogP contribution is 2.39. The van der Waals surface area contributed by atoms with Crippen molar-refractivity contribution in [2.24, 2.45) is 0 Å². The second-order valence-electron chi connectivity index (χ2n) is 6.19. The number of methoxy groups -OCH3 is 1. The maximum Gasteiger partial charge on any atom is 0.170 e. The molecular formula is C21H24O4. The summed E-state index contributed by atoms with van der Waals surface area (Å²) >= 11 is 0. The highest BCUT2D eigenvalue weighted by Gasteiger charge is 2.22. The van der Waals surface area contributed by atoms with Crippen LogP contribution >= 0.6 is 0 Å². The van der Waals surface area contributed by atoms with Crippen LogP contribution in [0.4, 0.5) is 0 Å². The Morgan fingerprint density at radius 2 is 1.84 bits per heavy atom. The molecule has 0 unspecified atom stereocenters. The fourth-order valence-electron chi connectivity index (χ4n) is 2.66. The molecule has 2 rings (SSSR count). The van der Waals surface area contributed by atoms with E-state index in [9.17, 15) is 15.0 Å². The molecular weight excluding hydrogens is 316 g/mol. The Morgan fingerprint density at radius 1 is 1.16 bits per heavy atom. The second-order valence-corrected chi connectivity index (χ2v) is 6.19. The van der Waals surface area contributed by atoms with Crippen molar-refractivity contribution in [3.63, 3.8) is 0 Å². The number of carbonyl (C=O) groups is 1. The Hall–Kier alpha value is -2.75. The molecule has 0 fully saturated rings. The standard InChI is InChI=1S/C21H24O4/c1-14(2)9-11-16-19(25-3)13-18(23)20(21(16)24)17(22)12-10-15-7-5-4-6-8-15/h4-9,13,23-24H,10-12H2,1-3H3. The van der Waals surface area contributed by atoms with Crippen molar-refractivity contribution in [1.29, 1.82) is 0 Å². The van der Waals surface area contributed by atoms with Crippen LogP contribution in [0.5, 0.6) is 17.2 Å². The molecule has 2 aromatic carbocycles. The minimum absolute atomic E-state index is 0.0334. The molecule has 0 saturated heterocycles. The first-order chi connectivity index (χ1) is 11.9. The normalized spacial score (nSPS) is 10.4. The number of allylic oxidation sites excluding steroid dienone is 2. The van der Waals surface area contributed by atoms with Gasteiger partial charge >= 0.3 is 0 Å². The van der Waals surface area contributed by atoms with E-state index in [-0.39, 0.29) is 29.3 Å². The molecule has 0 heterocycles. The van der Waals surface area contributed by atoms with Crippen molar-refractivity contribution in [1.82, 2.24) is 0 Å². The summed E-state index contributed by atoms with van der Waals surface area (Å²) in [6, 6.07) is 11.0. The number of phenolic OH excluding ortho intramolecular Hbond substituents is 2. The van der Waals surface area contributed by atoms with Crippen LogP contribution in [0.2, 0.25) is 0 Å². The number of ketones is 1. The summed E-state index contributed by atoms with van der Waals surface area (Å²) in [6.07, 6.45) is 3.12. The van der Waals surface area contributed by atoms with Crippen molar-refractivity contribution in [3.05, 3.63) is 64.7 Å². The van der Waals surface area contributed by atoms with Gasteiger partial charge in [-0.2, -0.15) is 0 Å². The highest BCUT2D eigenvalue weighted by atomic mass is 16.5. The van der Waals surface area contributed by atoms with E-state index in [1.165, 1.54) is 13.2 Å². The fraction of sp³-hybridized carbons (Fsp3) is 0.286. The first-order valence-electron chi connectivity index (χ1n) is 8.26. The molecule has 0 spiro atoms. The zero-order chi connectivity index (χ0) is 18.4. The minimum atomic E-state index is -0.292. The highest BCUT2D eigenvalue weighted by molar-refractivity contribution is 6.02. The lowest BCUT2D eigenvalue weighted by Crippen LogP contribution is -2.05. The van der Waals surface area contributed by atoms with Gasteiger partial charge in [-0.1, -0.05) is 42.0 Å². The van der Waals surface area contributed by atoms with Gasteiger partial charge in [0.1, 0.15) is 22.8 Å². The molecule has 4 nitrogen and oxygen atoms in total. The van der Waals surface area contributed by atoms with Crippen LogP contribution in [-0.4, -0.2) is 23.1 Å². The molecule has 0 radical (unpaired) electrons. The predicted octanol–water partition coefficient (Wildman–Crippen LogP) is 4.43. The van der Waals surface area contributed by atoms with Crippen LogP contribution in [0.15, 0.2) is 48.0 Å². The third-order valence-corrected chi connectivity index (χ3v) is 4.04. The number of phenols is 2. The Balaban J connectivity index is 2.31. The monoisotopic (exact) mass is 340 g/mol. The maximum absolute atomic E-state index is 12.6. The lowest BCUT2D eigenvalue weighted by Gasteiger charge is -2.14. The zero-order valence-electron chi connectivity index (χ0n) is 14.9. The van der Waals surface area contributed by atoms with E-state index in [0.717, 1.165) is 11.1 Å². The summed E-state index contributed by atoms with van der Waals surface area (Å²) < 4.78 is 5.24. The van der Waals surface area contributed by atoms with Crippen LogP contribution in [-0.2, 0) is 12.8 Å². The molecule has 2 N–H and O–H groups in total. The first-order valence-corrected chi connectivity index (χ1v) is 8.26. The molecule has 2 aromatic rings. The van der Waals surface area contributed by atoms with E-state index in [0.29, 0.717) is 24.2 Å². The van der Waals surface area contributed by atoms with Crippen LogP contribution in [0.1, 0.15) is 41.8 Å². The lowest BCUT2D eigenvalue weighted by molar-refractivity contribution is 0.0977. The number of rotatable bonds is 7. The average Bonchev–Trinajstić information content (AvgIpc) is 2.59. The number of hydrogen-bond donors (Lipinski definition) is 2. The maximum atomic E-state index is 12.6. The number of benzene rings is 2. The van der Waals surface area contributed by atoms with Crippen molar-refractivity contribution >= 4 is 5.78 Å². The molecule has 25 heavy (non-hydrogen) atoms. The SMILES string of the molecule is COc1cc(O)c(C(=O)CCc2ccccc2)c(O)c1CC=C(C)C. The van der Waals surface area contributed by atoms with Crippen molar-refractivity contribution in [2.45, 2.75) is 33.1 Å². The number of carbonyl (C=O) groups excluding carboxylic acids is 1. The Morgan fingerprint density at radius 3 is 2.44 bits per heavy atom.